The molecule has 3 aromatic rings. The minimum Gasteiger partial charge on any atom is -0.504 e. The quantitative estimate of drug-likeness (QED) is 0.292. The van der Waals surface area contributed by atoms with Crippen LogP contribution in [-0.2, 0) is 6.61 Å². The van der Waals surface area contributed by atoms with Crippen molar-refractivity contribution in [2.24, 2.45) is 5.10 Å². The second kappa shape index (κ2) is 8.79. The zero-order chi connectivity index (χ0) is 20.8. The highest BCUT2D eigenvalue weighted by Gasteiger charge is 2.12. The Bertz CT molecular complexity index is 1020. The molecule has 0 saturated carbocycles. The maximum absolute atomic E-state index is 12.0. The molecule has 148 valence electrons. The molecule has 3 rings (SSSR count). The standard InChI is InChI=1S/C22H20N2O5/c1-14-5-7-15(8-6-14)13-29-18-4-2-3-16(9-18)12-23-24-22(28)17-10-19(25)21(27)20(26)11-17/h2-12,25-27H,13H2,1H3,(H,24,28)/b23-12+. The third kappa shape index (κ3) is 5.26. The third-order valence-corrected chi connectivity index (χ3v) is 4.10. The number of phenols is 3. The van der Waals surface area contributed by atoms with Crippen molar-refractivity contribution in [3.63, 3.8) is 0 Å². The van der Waals surface area contributed by atoms with Gasteiger partial charge in [-0.3, -0.25) is 4.79 Å². The van der Waals surface area contributed by atoms with E-state index in [0.717, 1.165) is 17.7 Å². The van der Waals surface area contributed by atoms with Crippen LogP contribution in [0.3, 0.4) is 0 Å². The van der Waals surface area contributed by atoms with Crippen LogP contribution in [0.5, 0.6) is 23.0 Å². The number of aryl methyl sites for hydroxylation is 1. The number of phenolic OH excluding ortho intramolecular Hbond substituents is 3. The average Bonchev–Trinajstić information content (AvgIpc) is 2.71. The van der Waals surface area contributed by atoms with Crippen molar-refractivity contribution < 1.29 is 24.9 Å². The van der Waals surface area contributed by atoms with Crippen LogP contribution in [0.2, 0.25) is 0 Å². The maximum Gasteiger partial charge on any atom is 0.271 e. The summed E-state index contributed by atoms with van der Waals surface area (Å²) in [6.07, 6.45) is 1.44. The van der Waals surface area contributed by atoms with E-state index < -0.39 is 23.2 Å². The number of aromatic hydroxyl groups is 3. The van der Waals surface area contributed by atoms with E-state index in [0.29, 0.717) is 17.9 Å². The summed E-state index contributed by atoms with van der Waals surface area (Å²) in [4.78, 5) is 12.0. The minimum absolute atomic E-state index is 0.0508. The van der Waals surface area contributed by atoms with Crippen molar-refractivity contribution >= 4 is 12.1 Å². The molecule has 0 aliphatic heterocycles. The number of carbonyl (C=O) groups excluding carboxylic acids is 1. The third-order valence-electron chi connectivity index (χ3n) is 4.10. The summed E-state index contributed by atoms with van der Waals surface area (Å²) >= 11 is 0. The van der Waals surface area contributed by atoms with Gasteiger partial charge >= 0.3 is 0 Å². The first-order valence-corrected chi connectivity index (χ1v) is 8.79. The van der Waals surface area contributed by atoms with Crippen molar-refractivity contribution in [1.82, 2.24) is 5.43 Å². The number of ether oxygens (including phenoxy) is 1. The molecule has 0 spiro atoms. The van der Waals surface area contributed by atoms with E-state index in [9.17, 15) is 20.1 Å². The SMILES string of the molecule is Cc1ccc(COc2cccc(/C=N/NC(=O)c3cc(O)c(O)c(O)c3)c2)cc1. The van der Waals surface area contributed by atoms with Crippen molar-refractivity contribution in [2.45, 2.75) is 13.5 Å². The fourth-order valence-corrected chi connectivity index (χ4v) is 2.50. The number of hydrogen-bond donors (Lipinski definition) is 4. The molecule has 7 heteroatoms. The van der Waals surface area contributed by atoms with Gasteiger partial charge < -0.3 is 20.1 Å². The molecule has 0 aliphatic carbocycles. The largest absolute Gasteiger partial charge is 0.504 e. The minimum atomic E-state index is -0.687. The number of carbonyl (C=O) groups is 1. The van der Waals surface area contributed by atoms with Crippen molar-refractivity contribution in [3.05, 3.63) is 82.9 Å². The molecule has 0 radical (unpaired) electrons. The Morgan fingerprint density at radius 2 is 1.72 bits per heavy atom. The number of benzene rings is 3. The van der Waals surface area contributed by atoms with Gasteiger partial charge in [0.2, 0.25) is 0 Å². The summed E-state index contributed by atoms with van der Waals surface area (Å²) in [6.45, 7) is 2.46. The number of hydrogen-bond acceptors (Lipinski definition) is 6. The van der Waals surface area contributed by atoms with Gasteiger partial charge in [-0.2, -0.15) is 5.10 Å². The Labute approximate surface area is 167 Å². The molecule has 0 aliphatic rings. The molecule has 0 atom stereocenters. The summed E-state index contributed by atoms with van der Waals surface area (Å²) in [5.41, 5.74) is 5.19. The van der Waals surface area contributed by atoms with E-state index in [1.54, 1.807) is 12.1 Å². The molecule has 3 aromatic carbocycles. The van der Waals surface area contributed by atoms with Crippen LogP contribution in [0.15, 0.2) is 65.8 Å². The lowest BCUT2D eigenvalue weighted by atomic mass is 10.2. The molecule has 0 heterocycles. The van der Waals surface area contributed by atoms with Crippen LogP contribution in [-0.4, -0.2) is 27.4 Å². The van der Waals surface area contributed by atoms with E-state index in [4.69, 9.17) is 4.74 Å². The second-order valence-corrected chi connectivity index (χ2v) is 6.41. The Morgan fingerprint density at radius 1 is 1.03 bits per heavy atom. The van der Waals surface area contributed by atoms with Gasteiger partial charge in [0.05, 0.1) is 6.21 Å². The summed E-state index contributed by atoms with van der Waals surface area (Å²) in [5.74, 6) is -1.88. The van der Waals surface area contributed by atoms with Gasteiger partial charge in [0, 0.05) is 5.56 Å². The highest BCUT2D eigenvalue weighted by molar-refractivity contribution is 5.96. The Kier molecular flexibility index (Phi) is 5.99. The molecule has 0 saturated heterocycles. The number of nitrogens with zero attached hydrogens (tertiary/aromatic N) is 1. The first-order valence-electron chi connectivity index (χ1n) is 8.79. The number of amides is 1. The summed E-state index contributed by atoms with van der Waals surface area (Å²) in [7, 11) is 0. The summed E-state index contributed by atoms with van der Waals surface area (Å²) in [5, 5.41) is 32.1. The summed E-state index contributed by atoms with van der Waals surface area (Å²) in [6, 6.07) is 17.3. The van der Waals surface area contributed by atoms with Gasteiger partial charge in [-0.25, -0.2) is 5.43 Å². The van der Waals surface area contributed by atoms with E-state index in [2.05, 4.69) is 10.5 Å². The first kappa shape index (κ1) is 19.8. The molecule has 0 fully saturated rings. The number of rotatable bonds is 6. The van der Waals surface area contributed by atoms with Gasteiger partial charge in [0.1, 0.15) is 12.4 Å². The zero-order valence-corrected chi connectivity index (χ0v) is 15.7. The molecule has 0 aromatic heterocycles. The highest BCUT2D eigenvalue weighted by atomic mass is 16.5. The molecule has 0 unspecified atom stereocenters. The molecular formula is C22H20N2O5. The predicted octanol–water partition coefficient (Wildman–Crippen LogP) is 3.45. The monoisotopic (exact) mass is 392 g/mol. The predicted molar refractivity (Wildman–Crippen MR) is 108 cm³/mol. The van der Waals surface area contributed by atoms with Crippen molar-refractivity contribution in [2.75, 3.05) is 0 Å². The smallest absolute Gasteiger partial charge is 0.271 e. The number of hydrazone groups is 1. The van der Waals surface area contributed by atoms with Gasteiger partial charge in [0.25, 0.3) is 5.91 Å². The fraction of sp³-hybridized carbons (Fsp3) is 0.0909. The van der Waals surface area contributed by atoms with E-state index >= 15 is 0 Å². The van der Waals surface area contributed by atoms with Gasteiger partial charge in [-0.1, -0.05) is 42.0 Å². The molecule has 7 nitrogen and oxygen atoms in total. The molecule has 29 heavy (non-hydrogen) atoms. The number of nitrogens with one attached hydrogen (secondary N) is 1. The molecular weight excluding hydrogens is 372 g/mol. The van der Waals surface area contributed by atoms with Gasteiger partial charge in [-0.15, -0.1) is 0 Å². The van der Waals surface area contributed by atoms with Gasteiger partial charge in [0.15, 0.2) is 17.2 Å². The molecule has 0 bridgehead atoms. The van der Waals surface area contributed by atoms with E-state index in [1.807, 2.05) is 43.3 Å². The van der Waals surface area contributed by atoms with Crippen LogP contribution in [0.25, 0.3) is 0 Å². The Morgan fingerprint density at radius 3 is 2.41 bits per heavy atom. The lowest BCUT2D eigenvalue weighted by molar-refractivity contribution is 0.0954. The van der Waals surface area contributed by atoms with E-state index in [1.165, 1.54) is 11.8 Å². The summed E-state index contributed by atoms with van der Waals surface area (Å²) < 4.78 is 5.78. The maximum atomic E-state index is 12.0. The van der Waals surface area contributed by atoms with Crippen LogP contribution in [0, 0.1) is 6.92 Å². The van der Waals surface area contributed by atoms with Crippen molar-refractivity contribution in [3.8, 4) is 23.0 Å². The Hall–Kier alpha value is -4.00. The molecule has 1 amide bonds. The second-order valence-electron chi connectivity index (χ2n) is 6.41. The topological polar surface area (TPSA) is 111 Å². The van der Waals surface area contributed by atoms with Crippen LogP contribution < -0.4 is 10.2 Å². The highest BCUT2D eigenvalue weighted by Crippen LogP contribution is 2.35. The first-order chi connectivity index (χ1) is 13.9. The fourth-order valence-electron chi connectivity index (χ4n) is 2.50. The van der Waals surface area contributed by atoms with Crippen LogP contribution >= 0.6 is 0 Å². The van der Waals surface area contributed by atoms with Crippen molar-refractivity contribution in [1.29, 1.82) is 0 Å². The van der Waals surface area contributed by atoms with Gasteiger partial charge in [-0.05, 0) is 42.3 Å². The average molecular weight is 392 g/mol. The Balaban J connectivity index is 1.60. The normalized spacial score (nSPS) is 10.8. The lowest BCUT2D eigenvalue weighted by Gasteiger charge is -2.07. The van der Waals surface area contributed by atoms with Crippen LogP contribution in [0.4, 0.5) is 0 Å². The van der Waals surface area contributed by atoms with Crippen LogP contribution in [0.1, 0.15) is 27.0 Å². The zero-order valence-electron chi connectivity index (χ0n) is 15.7. The molecule has 4 N–H and O–H groups in total. The van der Waals surface area contributed by atoms with E-state index in [-0.39, 0.29) is 5.56 Å². The lowest BCUT2D eigenvalue weighted by Crippen LogP contribution is -2.17.